The number of hydrogen-bond acceptors (Lipinski definition) is 1. The van der Waals surface area contributed by atoms with Crippen molar-refractivity contribution in [2.75, 3.05) is 0 Å². The van der Waals surface area contributed by atoms with Gasteiger partial charge in [-0.2, -0.15) is 0 Å². The molecule has 1 nitrogen and oxygen atoms in total. The van der Waals surface area contributed by atoms with E-state index in [-0.39, 0.29) is 0 Å². The number of unbranched alkanes of at least 4 members (excludes halogenated alkanes) is 2. The highest BCUT2D eigenvalue weighted by Crippen LogP contribution is 2.15. The van der Waals surface area contributed by atoms with E-state index in [0.29, 0.717) is 0 Å². The quantitative estimate of drug-likeness (QED) is 0.454. The second kappa shape index (κ2) is 7.94. The van der Waals surface area contributed by atoms with Crippen molar-refractivity contribution in [3.05, 3.63) is 42.7 Å². The fourth-order valence-corrected chi connectivity index (χ4v) is 1.89. The maximum absolute atomic E-state index is 5.19. The van der Waals surface area contributed by atoms with Crippen molar-refractivity contribution in [1.29, 1.82) is 0 Å². The number of aryl methyl sites for hydroxylation is 1. The van der Waals surface area contributed by atoms with E-state index in [2.05, 4.69) is 32.6 Å². The molecule has 1 heteroatoms. The van der Waals surface area contributed by atoms with Crippen LogP contribution in [0, 0.1) is 5.92 Å². The zero-order chi connectivity index (χ0) is 12.5. The van der Waals surface area contributed by atoms with Crippen molar-refractivity contribution < 1.29 is 4.74 Å². The van der Waals surface area contributed by atoms with Gasteiger partial charge in [-0.15, -0.1) is 0 Å². The average Bonchev–Trinajstić information content (AvgIpc) is 2.31. The van der Waals surface area contributed by atoms with Crippen molar-refractivity contribution in [1.82, 2.24) is 0 Å². The molecule has 0 aromatic heterocycles. The zero-order valence-electron chi connectivity index (χ0n) is 11.1. The number of ether oxygens (including phenoxy) is 1. The van der Waals surface area contributed by atoms with Crippen molar-refractivity contribution >= 4 is 0 Å². The summed E-state index contributed by atoms with van der Waals surface area (Å²) in [6.07, 6.45) is 7.96. The molecule has 0 radical (unpaired) electrons. The highest BCUT2D eigenvalue weighted by molar-refractivity contribution is 5.27. The Bertz CT molecular complexity index is 311. The molecule has 1 rings (SSSR count). The van der Waals surface area contributed by atoms with Crippen LogP contribution in [-0.4, -0.2) is 0 Å². The number of rotatable bonds is 8. The molecular weight excluding hydrogens is 208 g/mol. The number of benzene rings is 1. The maximum atomic E-state index is 5.19. The highest BCUT2D eigenvalue weighted by Gasteiger charge is 1.97. The van der Waals surface area contributed by atoms with Crippen LogP contribution in [0.15, 0.2) is 37.1 Å². The summed E-state index contributed by atoms with van der Waals surface area (Å²) in [4.78, 5) is 0. The molecule has 0 saturated heterocycles. The first-order valence-corrected chi connectivity index (χ1v) is 6.59. The normalized spacial score (nSPS) is 10.5. The Morgan fingerprint density at radius 1 is 1.12 bits per heavy atom. The molecule has 0 unspecified atom stereocenters. The minimum Gasteiger partial charge on any atom is -0.466 e. The van der Waals surface area contributed by atoms with Gasteiger partial charge in [0.2, 0.25) is 0 Å². The van der Waals surface area contributed by atoms with Gasteiger partial charge in [-0.1, -0.05) is 51.8 Å². The molecule has 17 heavy (non-hydrogen) atoms. The Balaban J connectivity index is 2.20. The SMILES string of the molecule is C=COc1ccc(CCCCCC(C)C)cc1. The standard InChI is InChI=1S/C16H24O/c1-4-17-16-12-10-15(11-13-16)9-7-5-6-8-14(2)3/h4,10-14H,1,5-9H2,2-3H3. The largest absolute Gasteiger partial charge is 0.466 e. The molecule has 94 valence electrons. The van der Waals surface area contributed by atoms with Crippen LogP contribution >= 0.6 is 0 Å². The van der Waals surface area contributed by atoms with Gasteiger partial charge in [0.05, 0.1) is 6.26 Å². The van der Waals surface area contributed by atoms with E-state index in [1.807, 2.05) is 12.1 Å². The van der Waals surface area contributed by atoms with Crippen LogP contribution in [0.5, 0.6) is 5.75 Å². The van der Waals surface area contributed by atoms with Gasteiger partial charge in [-0.05, 0) is 36.5 Å². The molecule has 0 amide bonds. The molecule has 0 aliphatic rings. The molecule has 0 saturated carbocycles. The first-order valence-electron chi connectivity index (χ1n) is 6.59. The predicted molar refractivity (Wildman–Crippen MR) is 74.3 cm³/mol. The topological polar surface area (TPSA) is 9.23 Å². The lowest BCUT2D eigenvalue weighted by atomic mass is 10.0. The lowest BCUT2D eigenvalue weighted by molar-refractivity contribution is 0.483. The van der Waals surface area contributed by atoms with Crippen LogP contribution in [0.3, 0.4) is 0 Å². The van der Waals surface area contributed by atoms with Crippen LogP contribution in [0.4, 0.5) is 0 Å². The third kappa shape index (κ3) is 6.15. The summed E-state index contributed by atoms with van der Waals surface area (Å²) in [5, 5.41) is 0. The van der Waals surface area contributed by atoms with Gasteiger partial charge in [0.1, 0.15) is 5.75 Å². The monoisotopic (exact) mass is 232 g/mol. The summed E-state index contributed by atoms with van der Waals surface area (Å²) in [6, 6.07) is 8.29. The molecular formula is C16H24O. The van der Waals surface area contributed by atoms with E-state index in [9.17, 15) is 0 Å². The van der Waals surface area contributed by atoms with E-state index in [1.54, 1.807) is 0 Å². The van der Waals surface area contributed by atoms with Crippen LogP contribution < -0.4 is 4.74 Å². The molecule has 0 bridgehead atoms. The van der Waals surface area contributed by atoms with E-state index in [1.165, 1.54) is 43.9 Å². The van der Waals surface area contributed by atoms with Crippen molar-refractivity contribution in [2.45, 2.75) is 46.0 Å². The fraction of sp³-hybridized carbons (Fsp3) is 0.500. The van der Waals surface area contributed by atoms with E-state index >= 15 is 0 Å². The Kier molecular flexibility index (Phi) is 6.46. The molecule has 1 aromatic rings. The molecule has 0 aliphatic carbocycles. The molecule has 0 spiro atoms. The average molecular weight is 232 g/mol. The van der Waals surface area contributed by atoms with Crippen molar-refractivity contribution in [3.63, 3.8) is 0 Å². The van der Waals surface area contributed by atoms with Gasteiger partial charge in [0, 0.05) is 0 Å². The second-order valence-electron chi connectivity index (χ2n) is 4.92. The predicted octanol–water partition coefficient (Wildman–Crippen LogP) is 4.97. The van der Waals surface area contributed by atoms with Crippen LogP contribution in [0.1, 0.15) is 45.1 Å². The lowest BCUT2D eigenvalue weighted by Crippen LogP contribution is -1.90. The molecule has 0 aliphatic heterocycles. The van der Waals surface area contributed by atoms with Gasteiger partial charge in [0.15, 0.2) is 0 Å². The molecule has 0 fully saturated rings. The minimum absolute atomic E-state index is 0.838. The summed E-state index contributed by atoms with van der Waals surface area (Å²) in [5.74, 6) is 1.70. The van der Waals surface area contributed by atoms with Gasteiger partial charge in [-0.25, -0.2) is 0 Å². The van der Waals surface area contributed by atoms with Gasteiger partial charge >= 0.3 is 0 Å². The summed E-state index contributed by atoms with van der Waals surface area (Å²) < 4.78 is 5.19. The van der Waals surface area contributed by atoms with Gasteiger partial charge < -0.3 is 4.74 Å². The second-order valence-corrected chi connectivity index (χ2v) is 4.92. The first-order chi connectivity index (χ1) is 8.22. The Hall–Kier alpha value is -1.24. The third-order valence-corrected chi connectivity index (χ3v) is 2.89. The smallest absolute Gasteiger partial charge is 0.126 e. The maximum Gasteiger partial charge on any atom is 0.126 e. The zero-order valence-corrected chi connectivity index (χ0v) is 11.1. The summed E-state index contributed by atoms with van der Waals surface area (Å²) in [7, 11) is 0. The van der Waals surface area contributed by atoms with E-state index < -0.39 is 0 Å². The number of hydrogen-bond donors (Lipinski definition) is 0. The summed E-state index contributed by atoms with van der Waals surface area (Å²) in [6.45, 7) is 8.12. The fourth-order valence-electron chi connectivity index (χ4n) is 1.89. The Morgan fingerprint density at radius 3 is 2.41 bits per heavy atom. The van der Waals surface area contributed by atoms with E-state index in [0.717, 1.165) is 11.7 Å². The third-order valence-electron chi connectivity index (χ3n) is 2.89. The summed E-state index contributed by atoms with van der Waals surface area (Å²) >= 11 is 0. The van der Waals surface area contributed by atoms with Crippen LogP contribution in [0.25, 0.3) is 0 Å². The van der Waals surface area contributed by atoms with Crippen LogP contribution in [0.2, 0.25) is 0 Å². The minimum atomic E-state index is 0.838. The van der Waals surface area contributed by atoms with E-state index in [4.69, 9.17) is 4.74 Å². The Morgan fingerprint density at radius 2 is 1.82 bits per heavy atom. The van der Waals surface area contributed by atoms with Crippen molar-refractivity contribution in [2.24, 2.45) is 5.92 Å². The Labute approximate surface area is 106 Å². The molecule has 0 heterocycles. The first kappa shape index (κ1) is 13.8. The summed E-state index contributed by atoms with van der Waals surface area (Å²) in [5.41, 5.74) is 1.39. The molecule has 0 atom stereocenters. The van der Waals surface area contributed by atoms with Crippen LogP contribution in [-0.2, 0) is 6.42 Å². The highest BCUT2D eigenvalue weighted by atomic mass is 16.5. The molecule has 1 aromatic carbocycles. The lowest BCUT2D eigenvalue weighted by Gasteiger charge is -2.05. The van der Waals surface area contributed by atoms with Crippen molar-refractivity contribution in [3.8, 4) is 5.75 Å². The van der Waals surface area contributed by atoms with Gasteiger partial charge in [-0.3, -0.25) is 0 Å². The molecule has 0 N–H and O–H groups in total. The van der Waals surface area contributed by atoms with Gasteiger partial charge in [0.25, 0.3) is 0 Å².